The van der Waals surface area contributed by atoms with Crippen LogP contribution in [-0.4, -0.2) is 37.1 Å². The van der Waals surface area contributed by atoms with Crippen LogP contribution in [0.3, 0.4) is 0 Å². The van der Waals surface area contributed by atoms with Crippen LogP contribution in [0.15, 0.2) is 36.4 Å². The van der Waals surface area contributed by atoms with Gasteiger partial charge in [-0.1, -0.05) is 12.1 Å². The van der Waals surface area contributed by atoms with Crippen LogP contribution in [0.5, 0.6) is 11.5 Å². The predicted molar refractivity (Wildman–Crippen MR) is 116 cm³/mol. The minimum absolute atomic E-state index is 0.0471. The third-order valence-corrected chi connectivity index (χ3v) is 5.66. The molecule has 1 amide bonds. The number of fused-ring (bicyclic) bond motifs is 1. The Hall–Kier alpha value is -3.08. The van der Waals surface area contributed by atoms with Gasteiger partial charge in [0.25, 0.3) is 5.91 Å². The van der Waals surface area contributed by atoms with E-state index in [1.807, 2.05) is 64.2 Å². The van der Waals surface area contributed by atoms with E-state index in [-0.39, 0.29) is 11.9 Å². The van der Waals surface area contributed by atoms with Gasteiger partial charge in [0, 0.05) is 29.8 Å². The summed E-state index contributed by atoms with van der Waals surface area (Å²) < 4.78 is 10.8. The summed E-state index contributed by atoms with van der Waals surface area (Å²) >= 11 is 0. The molecule has 1 aromatic heterocycles. The summed E-state index contributed by atoms with van der Waals surface area (Å²) in [5, 5.41) is 0.879. The van der Waals surface area contributed by atoms with E-state index < -0.39 is 0 Å². The highest BCUT2D eigenvalue weighted by atomic mass is 16.5. The van der Waals surface area contributed by atoms with Crippen molar-refractivity contribution >= 4 is 16.8 Å². The Morgan fingerprint density at radius 2 is 1.76 bits per heavy atom. The Kier molecular flexibility index (Phi) is 5.78. The second kappa shape index (κ2) is 8.11. The fourth-order valence-electron chi connectivity index (χ4n) is 3.57. The summed E-state index contributed by atoms with van der Waals surface area (Å²) in [7, 11) is 5.06. The molecule has 5 nitrogen and oxygen atoms in total. The van der Waals surface area contributed by atoms with Crippen molar-refractivity contribution in [3.8, 4) is 11.5 Å². The van der Waals surface area contributed by atoms with Crippen molar-refractivity contribution in [2.24, 2.45) is 0 Å². The lowest BCUT2D eigenvalue weighted by atomic mass is 9.99. The normalized spacial score (nSPS) is 12.0. The topological polar surface area (TPSA) is 51.7 Å². The van der Waals surface area contributed by atoms with Gasteiger partial charge in [-0.2, -0.15) is 0 Å². The maximum absolute atomic E-state index is 13.5. The maximum Gasteiger partial charge on any atom is 0.254 e. The molecule has 1 atom stereocenters. The summed E-state index contributed by atoms with van der Waals surface area (Å²) in [6, 6.07) is 11.4. The van der Waals surface area contributed by atoms with Gasteiger partial charge in [0.05, 0.1) is 31.3 Å². The summed E-state index contributed by atoms with van der Waals surface area (Å²) in [5.74, 6) is 1.36. The Morgan fingerprint density at radius 1 is 1.03 bits per heavy atom. The number of hydrogen-bond donors (Lipinski definition) is 0. The highest BCUT2D eigenvalue weighted by Crippen LogP contribution is 2.33. The van der Waals surface area contributed by atoms with E-state index in [0.29, 0.717) is 17.1 Å². The van der Waals surface area contributed by atoms with Crippen molar-refractivity contribution in [2.75, 3.05) is 21.3 Å². The summed E-state index contributed by atoms with van der Waals surface area (Å²) in [6.07, 6.45) is 0. The lowest BCUT2D eigenvalue weighted by molar-refractivity contribution is 0.0743. The SMILES string of the molecule is COc1ccc(C(C)N(C)C(=O)c2cc(C)nc3c(C)c(C)ccc23)c(OC)c1. The van der Waals surface area contributed by atoms with E-state index in [2.05, 4.69) is 11.9 Å². The number of pyridine rings is 1. The highest BCUT2D eigenvalue weighted by molar-refractivity contribution is 6.07. The van der Waals surface area contributed by atoms with E-state index in [0.717, 1.165) is 27.7 Å². The summed E-state index contributed by atoms with van der Waals surface area (Å²) in [5.41, 5.74) is 5.57. The Morgan fingerprint density at radius 3 is 2.41 bits per heavy atom. The molecule has 0 spiro atoms. The first-order valence-corrected chi connectivity index (χ1v) is 9.65. The van der Waals surface area contributed by atoms with Gasteiger partial charge in [-0.15, -0.1) is 0 Å². The molecule has 0 saturated heterocycles. The van der Waals surface area contributed by atoms with Gasteiger partial charge in [0.15, 0.2) is 0 Å². The van der Waals surface area contributed by atoms with Gasteiger partial charge >= 0.3 is 0 Å². The van der Waals surface area contributed by atoms with Crippen LogP contribution in [0.25, 0.3) is 10.9 Å². The van der Waals surface area contributed by atoms with Gasteiger partial charge in [0.1, 0.15) is 11.5 Å². The molecule has 152 valence electrons. The lowest BCUT2D eigenvalue weighted by Gasteiger charge is -2.27. The fourth-order valence-corrected chi connectivity index (χ4v) is 3.57. The minimum atomic E-state index is -0.182. The van der Waals surface area contributed by atoms with E-state index in [1.54, 1.807) is 19.1 Å². The van der Waals surface area contributed by atoms with Crippen molar-refractivity contribution < 1.29 is 14.3 Å². The third kappa shape index (κ3) is 3.77. The van der Waals surface area contributed by atoms with Crippen LogP contribution in [-0.2, 0) is 0 Å². The molecule has 29 heavy (non-hydrogen) atoms. The lowest BCUT2D eigenvalue weighted by Crippen LogP contribution is -2.30. The molecular weight excluding hydrogens is 364 g/mol. The number of carbonyl (C=O) groups excluding carboxylic acids is 1. The Balaban J connectivity index is 2.04. The van der Waals surface area contributed by atoms with Gasteiger partial charge in [-0.05, 0) is 57.0 Å². The molecule has 3 rings (SSSR count). The maximum atomic E-state index is 13.5. The highest BCUT2D eigenvalue weighted by Gasteiger charge is 2.24. The van der Waals surface area contributed by atoms with Gasteiger partial charge in [0.2, 0.25) is 0 Å². The number of aromatic nitrogens is 1. The zero-order chi connectivity index (χ0) is 21.3. The smallest absolute Gasteiger partial charge is 0.254 e. The predicted octanol–water partition coefficient (Wildman–Crippen LogP) is 5.01. The van der Waals surface area contributed by atoms with E-state index in [4.69, 9.17) is 9.47 Å². The molecule has 0 radical (unpaired) electrons. The third-order valence-electron chi connectivity index (χ3n) is 5.66. The van der Waals surface area contributed by atoms with Gasteiger partial charge in [-0.3, -0.25) is 9.78 Å². The number of amides is 1. The first-order chi connectivity index (χ1) is 13.8. The molecule has 0 N–H and O–H groups in total. The molecule has 0 aliphatic heterocycles. The summed E-state index contributed by atoms with van der Waals surface area (Å²) in [6.45, 7) is 8.03. The zero-order valence-electron chi connectivity index (χ0n) is 18.2. The molecule has 1 unspecified atom stereocenters. The average Bonchev–Trinajstić information content (AvgIpc) is 2.74. The largest absolute Gasteiger partial charge is 0.497 e. The first-order valence-electron chi connectivity index (χ1n) is 9.65. The van der Waals surface area contributed by atoms with Crippen LogP contribution < -0.4 is 9.47 Å². The number of hydrogen-bond acceptors (Lipinski definition) is 4. The number of benzene rings is 2. The minimum Gasteiger partial charge on any atom is -0.497 e. The van der Waals surface area contributed by atoms with Crippen LogP contribution in [0.2, 0.25) is 0 Å². The van der Waals surface area contributed by atoms with E-state index in [1.165, 1.54) is 5.56 Å². The quantitative estimate of drug-likeness (QED) is 0.612. The number of rotatable bonds is 5. The van der Waals surface area contributed by atoms with Crippen molar-refractivity contribution in [2.45, 2.75) is 33.7 Å². The van der Waals surface area contributed by atoms with Crippen molar-refractivity contribution in [3.05, 3.63) is 64.3 Å². The van der Waals surface area contributed by atoms with Crippen LogP contribution in [0, 0.1) is 20.8 Å². The molecule has 0 bridgehead atoms. The zero-order valence-corrected chi connectivity index (χ0v) is 18.2. The second-order valence-electron chi connectivity index (χ2n) is 7.41. The first kappa shape index (κ1) is 20.6. The molecule has 2 aromatic carbocycles. The molecule has 5 heteroatoms. The molecule has 0 fully saturated rings. The molecule has 3 aromatic rings. The van der Waals surface area contributed by atoms with Gasteiger partial charge in [-0.25, -0.2) is 0 Å². The molecule has 0 aliphatic carbocycles. The number of ether oxygens (including phenoxy) is 2. The van der Waals surface area contributed by atoms with Gasteiger partial charge < -0.3 is 14.4 Å². The number of aryl methyl sites for hydroxylation is 3. The van der Waals surface area contributed by atoms with E-state index >= 15 is 0 Å². The average molecular weight is 392 g/mol. The molecular formula is C24H28N2O3. The number of carbonyl (C=O) groups is 1. The fraction of sp³-hybridized carbons (Fsp3) is 0.333. The van der Waals surface area contributed by atoms with Crippen LogP contribution in [0.1, 0.15) is 45.7 Å². The Labute approximate surface area is 172 Å². The van der Waals surface area contributed by atoms with Crippen LogP contribution in [0.4, 0.5) is 0 Å². The monoisotopic (exact) mass is 392 g/mol. The van der Waals surface area contributed by atoms with Crippen molar-refractivity contribution in [3.63, 3.8) is 0 Å². The van der Waals surface area contributed by atoms with Crippen molar-refractivity contribution in [1.29, 1.82) is 0 Å². The number of methoxy groups -OCH3 is 2. The molecule has 0 saturated carbocycles. The standard InChI is InChI=1S/C24H28N2O3/c1-14-8-10-20-21(12-15(2)25-23(20)16(14)3)24(27)26(5)17(4)19-11-9-18(28-6)13-22(19)29-7/h8-13,17H,1-7H3. The Bertz CT molecular complexity index is 1080. The van der Waals surface area contributed by atoms with Crippen molar-refractivity contribution in [1.82, 2.24) is 9.88 Å². The summed E-state index contributed by atoms with van der Waals surface area (Å²) in [4.78, 5) is 19.9. The number of nitrogens with zero attached hydrogens (tertiary/aromatic N) is 2. The molecule has 1 heterocycles. The molecule has 0 aliphatic rings. The van der Waals surface area contributed by atoms with Crippen LogP contribution >= 0.6 is 0 Å². The van der Waals surface area contributed by atoms with E-state index in [9.17, 15) is 4.79 Å². The second-order valence-corrected chi connectivity index (χ2v) is 7.41.